The van der Waals surface area contributed by atoms with E-state index in [1.54, 1.807) is 0 Å². The highest BCUT2D eigenvalue weighted by molar-refractivity contribution is 6.06. The second kappa shape index (κ2) is 3.13. The smallest absolute Gasteiger partial charge is 0.0633 e. The first-order valence-electron chi connectivity index (χ1n) is 3.97. The quantitative estimate of drug-likeness (QED) is 0.430. The molecule has 4 nitrogen and oxygen atoms in total. The predicted molar refractivity (Wildman–Crippen MR) is 46.1 cm³/mol. The van der Waals surface area contributed by atoms with Gasteiger partial charge >= 0.3 is 0 Å². The zero-order valence-corrected chi connectivity index (χ0v) is 7.41. The van der Waals surface area contributed by atoms with Crippen LogP contribution in [0, 0.1) is 5.41 Å². The summed E-state index contributed by atoms with van der Waals surface area (Å²) in [6.45, 7) is 4.12. The summed E-state index contributed by atoms with van der Waals surface area (Å²) < 4.78 is 0. The van der Waals surface area contributed by atoms with E-state index in [1.165, 1.54) is 0 Å². The summed E-state index contributed by atoms with van der Waals surface area (Å²) >= 11 is 0. The van der Waals surface area contributed by atoms with Crippen LogP contribution >= 0.6 is 0 Å². The Hall–Kier alpha value is -1.06. The van der Waals surface area contributed by atoms with Crippen molar-refractivity contribution in [3.8, 4) is 0 Å². The molecule has 0 aliphatic heterocycles. The summed E-state index contributed by atoms with van der Waals surface area (Å²) in [6.07, 6.45) is 2.03. The standard InChI is InChI=1S/C8H14N2O2/c1-8(2)4-6(9-11)3-7(5-8)10-12/h11-12H,3-5H2,1-2H3. The van der Waals surface area contributed by atoms with Gasteiger partial charge in [-0.05, 0) is 18.3 Å². The van der Waals surface area contributed by atoms with Crippen molar-refractivity contribution in [3.05, 3.63) is 0 Å². The maximum atomic E-state index is 8.59. The van der Waals surface area contributed by atoms with E-state index in [4.69, 9.17) is 10.4 Å². The molecule has 0 unspecified atom stereocenters. The van der Waals surface area contributed by atoms with Crippen LogP contribution in [-0.2, 0) is 0 Å². The van der Waals surface area contributed by atoms with Crippen LogP contribution in [0.15, 0.2) is 10.3 Å². The van der Waals surface area contributed by atoms with Gasteiger partial charge in [-0.1, -0.05) is 24.2 Å². The number of oxime groups is 2. The molecule has 1 fully saturated rings. The lowest BCUT2D eigenvalue weighted by molar-refractivity contribution is 0.296. The molecule has 0 saturated heterocycles. The molecule has 0 radical (unpaired) electrons. The molecule has 1 rings (SSSR count). The Labute approximate surface area is 71.6 Å². The highest BCUT2D eigenvalue weighted by Gasteiger charge is 2.29. The van der Waals surface area contributed by atoms with Crippen LogP contribution in [0.2, 0.25) is 0 Å². The van der Waals surface area contributed by atoms with E-state index >= 15 is 0 Å². The van der Waals surface area contributed by atoms with Crippen molar-refractivity contribution < 1.29 is 10.4 Å². The largest absolute Gasteiger partial charge is 0.411 e. The Kier molecular flexibility index (Phi) is 2.35. The number of nitrogens with zero attached hydrogens (tertiary/aromatic N) is 2. The molecule has 68 valence electrons. The Morgan fingerprint density at radius 3 is 1.83 bits per heavy atom. The van der Waals surface area contributed by atoms with Gasteiger partial charge in [0, 0.05) is 6.42 Å². The molecule has 1 aliphatic rings. The van der Waals surface area contributed by atoms with E-state index in [1.807, 2.05) is 0 Å². The summed E-state index contributed by atoms with van der Waals surface area (Å²) in [5.74, 6) is 0. The molecule has 0 spiro atoms. The fourth-order valence-electron chi connectivity index (χ4n) is 1.67. The minimum atomic E-state index is 0.0430. The molecule has 12 heavy (non-hydrogen) atoms. The van der Waals surface area contributed by atoms with E-state index in [2.05, 4.69) is 24.2 Å². The molecule has 1 saturated carbocycles. The molecule has 0 bridgehead atoms. The van der Waals surface area contributed by atoms with Crippen molar-refractivity contribution in [1.29, 1.82) is 0 Å². The molecule has 0 aromatic rings. The molecular weight excluding hydrogens is 156 g/mol. The first kappa shape index (κ1) is 9.03. The Morgan fingerprint density at radius 1 is 1.08 bits per heavy atom. The minimum absolute atomic E-state index is 0.0430. The summed E-state index contributed by atoms with van der Waals surface area (Å²) in [5, 5.41) is 23.5. The SMILES string of the molecule is CC1(C)CC(=NO)CC(=NO)C1. The molecule has 0 amide bonds. The average molecular weight is 170 g/mol. The van der Waals surface area contributed by atoms with Crippen LogP contribution < -0.4 is 0 Å². The van der Waals surface area contributed by atoms with Crippen LogP contribution in [0.4, 0.5) is 0 Å². The second-order valence-electron chi connectivity index (χ2n) is 4.03. The van der Waals surface area contributed by atoms with E-state index in [9.17, 15) is 0 Å². The van der Waals surface area contributed by atoms with Crippen LogP contribution in [0.3, 0.4) is 0 Å². The van der Waals surface area contributed by atoms with Crippen LogP contribution in [0.5, 0.6) is 0 Å². The fraction of sp³-hybridized carbons (Fsp3) is 0.750. The zero-order valence-electron chi connectivity index (χ0n) is 7.41. The topological polar surface area (TPSA) is 65.2 Å². The third-order valence-electron chi connectivity index (χ3n) is 2.06. The number of hydrogen-bond donors (Lipinski definition) is 2. The van der Waals surface area contributed by atoms with Crippen molar-refractivity contribution in [2.24, 2.45) is 15.7 Å². The lowest BCUT2D eigenvalue weighted by atomic mass is 9.75. The molecule has 0 aromatic carbocycles. The van der Waals surface area contributed by atoms with Crippen molar-refractivity contribution in [2.45, 2.75) is 33.1 Å². The zero-order chi connectivity index (χ0) is 9.19. The van der Waals surface area contributed by atoms with Crippen LogP contribution in [0.25, 0.3) is 0 Å². The molecular formula is C8H14N2O2. The van der Waals surface area contributed by atoms with Crippen molar-refractivity contribution in [2.75, 3.05) is 0 Å². The molecule has 1 aliphatic carbocycles. The van der Waals surface area contributed by atoms with Gasteiger partial charge in [0.15, 0.2) is 0 Å². The van der Waals surface area contributed by atoms with Crippen molar-refractivity contribution in [3.63, 3.8) is 0 Å². The third-order valence-corrected chi connectivity index (χ3v) is 2.06. The molecule has 2 N–H and O–H groups in total. The highest BCUT2D eigenvalue weighted by Crippen LogP contribution is 2.32. The highest BCUT2D eigenvalue weighted by atomic mass is 16.4. The van der Waals surface area contributed by atoms with Gasteiger partial charge in [0.2, 0.25) is 0 Å². The van der Waals surface area contributed by atoms with E-state index in [0.29, 0.717) is 17.8 Å². The van der Waals surface area contributed by atoms with E-state index in [0.717, 1.165) is 12.8 Å². The summed E-state index contributed by atoms with van der Waals surface area (Å²) in [4.78, 5) is 0. The van der Waals surface area contributed by atoms with Gasteiger partial charge in [-0.15, -0.1) is 0 Å². The Balaban J connectivity index is 2.80. The second-order valence-corrected chi connectivity index (χ2v) is 4.03. The van der Waals surface area contributed by atoms with Crippen molar-refractivity contribution in [1.82, 2.24) is 0 Å². The normalized spacial score (nSPS) is 29.5. The fourth-order valence-corrected chi connectivity index (χ4v) is 1.67. The van der Waals surface area contributed by atoms with Gasteiger partial charge < -0.3 is 10.4 Å². The molecule has 4 heteroatoms. The minimum Gasteiger partial charge on any atom is -0.411 e. The number of hydrogen-bond acceptors (Lipinski definition) is 4. The first-order chi connectivity index (χ1) is 5.57. The van der Waals surface area contributed by atoms with Gasteiger partial charge in [0.05, 0.1) is 11.4 Å². The maximum absolute atomic E-state index is 8.59. The molecule has 0 aromatic heterocycles. The number of rotatable bonds is 0. The Bertz CT molecular complexity index is 209. The van der Waals surface area contributed by atoms with Crippen LogP contribution in [-0.4, -0.2) is 21.8 Å². The third kappa shape index (κ3) is 1.96. The predicted octanol–water partition coefficient (Wildman–Crippen LogP) is 1.86. The summed E-state index contributed by atoms with van der Waals surface area (Å²) in [7, 11) is 0. The summed E-state index contributed by atoms with van der Waals surface area (Å²) in [6, 6.07) is 0. The first-order valence-corrected chi connectivity index (χ1v) is 3.97. The van der Waals surface area contributed by atoms with Gasteiger partial charge in [-0.3, -0.25) is 0 Å². The van der Waals surface area contributed by atoms with Gasteiger partial charge in [-0.2, -0.15) is 0 Å². The Morgan fingerprint density at radius 2 is 1.50 bits per heavy atom. The molecule has 0 atom stereocenters. The summed E-state index contributed by atoms with van der Waals surface area (Å²) in [5.41, 5.74) is 1.43. The monoisotopic (exact) mass is 170 g/mol. The van der Waals surface area contributed by atoms with E-state index in [-0.39, 0.29) is 5.41 Å². The van der Waals surface area contributed by atoms with E-state index < -0.39 is 0 Å². The van der Waals surface area contributed by atoms with Crippen LogP contribution in [0.1, 0.15) is 33.1 Å². The van der Waals surface area contributed by atoms with Gasteiger partial charge in [-0.25, -0.2) is 0 Å². The molecule has 0 heterocycles. The average Bonchev–Trinajstić information content (AvgIpc) is 2.01. The van der Waals surface area contributed by atoms with Gasteiger partial charge in [0.1, 0.15) is 0 Å². The van der Waals surface area contributed by atoms with Crippen molar-refractivity contribution >= 4 is 11.4 Å². The lowest BCUT2D eigenvalue weighted by Crippen LogP contribution is -2.29. The maximum Gasteiger partial charge on any atom is 0.0633 e. The van der Waals surface area contributed by atoms with Gasteiger partial charge in [0.25, 0.3) is 0 Å². The lowest BCUT2D eigenvalue weighted by Gasteiger charge is -2.29.